The van der Waals surface area contributed by atoms with Crippen LogP contribution < -0.4 is 10.1 Å². The average Bonchev–Trinajstić information content (AvgIpc) is 2.80. The van der Waals surface area contributed by atoms with E-state index in [4.69, 9.17) is 4.74 Å². The summed E-state index contributed by atoms with van der Waals surface area (Å²) in [5.41, 5.74) is 0.0100. The number of anilines is 1. The Kier molecular flexibility index (Phi) is 7.72. The van der Waals surface area contributed by atoms with Crippen LogP contribution in [0.25, 0.3) is 0 Å². The van der Waals surface area contributed by atoms with Crippen LogP contribution in [0.5, 0.6) is 5.75 Å². The predicted molar refractivity (Wildman–Crippen MR) is 117 cm³/mol. The first-order chi connectivity index (χ1) is 15.7. The van der Waals surface area contributed by atoms with E-state index < -0.39 is 45.6 Å². The number of amides is 1. The molecule has 174 valence electrons. The van der Waals surface area contributed by atoms with E-state index in [1.807, 2.05) is 0 Å². The van der Waals surface area contributed by atoms with Crippen LogP contribution in [0.3, 0.4) is 0 Å². The molecule has 0 spiro atoms. The zero-order valence-electron chi connectivity index (χ0n) is 17.6. The first kappa shape index (κ1) is 24.3. The highest BCUT2D eigenvalue weighted by Gasteiger charge is 2.27. The third kappa shape index (κ3) is 5.91. The second-order valence-electron chi connectivity index (χ2n) is 6.93. The Labute approximate surface area is 189 Å². The molecule has 0 aliphatic rings. The minimum atomic E-state index is -4.15. The van der Waals surface area contributed by atoms with Gasteiger partial charge in [0.25, 0.3) is 0 Å². The van der Waals surface area contributed by atoms with E-state index in [9.17, 15) is 26.4 Å². The molecule has 0 aromatic heterocycles. The van der Waals surface area contributed by atoms with E-state index in [1.165, 1.54) is 24.3 Å². The molecular weight excluding hydrogens is 457 g/mol. The van der Waals surface area contributed by atoms with Crippen LogP contribution in [-0.2, 0) is 21.4 Å². The van der Waals surface area contributed by atoms with Crippen molar-refractivity contribution in [3.63, 3.8) is 0 Å². The lowest BCUT2D eigenvalue weighted by Gasteiger charge is -2.22. The second-order valence-corrected chi connectivity index (χ2v) is 8.87. The number of rotatable bonds is 9. The van der Waals surface area contributed by atoms with Crippen LogP contribution in [0, 0.1) is 17.5 Å². The summed E-state index contributed by atoms with van der Waals surface area (Å²) in [6.45, 7) is 1.36. The molecule has 1 amide bonds. The predicted octanol–water partition coefficient (Wildman–Crippen LogP) is 4.33. The Morgan fingerprint density at radius 2 is 1.61 bits per heavy atom. The maximum atomic E-state index is 13.9. The van der Waals surface area contributed by atoms with Crippen molar-refractivity contribution >= 4 is 21.6 Å². The number of nitrogens with zero attached hydrogens (tertiary/aromatic N) is 1. The summed E-state index contributed by atoms with van der Waals surface area (Å²) in [5, 5.41) is 2.10. The van der Waals surface area contributed by atoms with Crippen LogP contribution in [0.4, 0.5) is 18.9 Å². The quantitative estimate of drug-likeness (QED) is 0.465. The number of hydrogen-bond acceptors (Lipinski definition) is 4. The lowest BCUT2D eigenvalue weighted by atomic mass is 10.2. The van der Waals surface area contributed by atoms with Gasteiger partial charge in [0, 0.05) is 6.54 Å². The Bertz CT molecular complexity index is 1220. The highest BCUT2D eigenvalue weighted by atomic mass is 32.2. The third-order valence-electron chi connectivity index (χ3n) is 4.60. The minimum Gasteiger partial charge on any atom is -0.494 e. The van der Waals surface area contributed by atoms with Crippen LogP contribution >= 0.6 is 0 Å². The van der Waals surface area contributed by atoms with E-state index >= 15 is 0 Å². The molecule has 6 nitrogen and oxygen atoms in total. The molecule has 3 aromatic carbocycles. The van der Waals surface area contributed by atoms with Gasteiger partial charge in [-0.2, -0.15) is 4.31 Å². The molecule has 33 heavy (non-hydrogen) atoms. The van der Waals surface area contributed by atoms with E-state index in [0.29, 0.717) is 24.0 Å². The van der Waals surface area contributed by atoms with E-state index in [2.05, 4.69) is 5.32 Å². The highest BCUT2D eigenvalue weighted by molar-refractivity contribution is 7.89. The van der Waals surface area contributed by atoms with Crippen molar-refractivity contribution in [2.24, 2.45) is 0 Å². The summed E-state index contributed by atoms with van der Waals surface area (Å²) in [7, 11) is -4.15. The van der Waals surface area contributed by atoms with Crippen LogP contribution in [0.1, 0.15) is 12.5 Å². The molecule has 0 saturated heterocycles. The number of hydrogen-bond donors (Lipinski definition) is 1. The van der Waals surface area contributed by atoms with Crippen molar-refractivity contribution in [3.8, 4) is 5.75 Å². The fourth-order valence-electron chi connectivity index (χ4n) is 3.01. The normalized spacial score (nSPS) is 11.4. The van der Waals surface area contributed by atoms with Crippen molar-refractivity contribution in [1.29, 1.82) is 0 Å². The molecule has 0 atom stereocenters. The molecule has 10 heteroatoms. The van der Waals surface area contributed by atoms with Gasteiger partial charge in [0.15, 0.2) is 17.5 Å². The second kappa shape index (κ2) is 10.5. The molecule has 0 saturated carbocycles. The molecule has 3 rings (SSSR count). The summed E-state index contributed by atoms with van der Waals surface area (Å²) in [6, 6.07) is 15.8. The van der Waals surface area contributed by atoms with Gasteiger partial charge >= 0.3 is 0 Å². The summed E-state index contributed by atoms with van der Waals surface area (Å²) in [5.74, 6) is -5.17. The van der Waals surface area contributed by atoms with Crippen LogP contribution in [0.15, 0.2) is 71.6 Å². The Balaban J connectivity index is 1.87. The molecule has 0 aliphatic carbocycles. The molecule has 0 bridgehead atoms. The average molecular weight is 478 g/mol. The maximum Gasteiger partial charge on any atom is 0.243 e. The fourth-order valence-corrected chi connectivity index (χ4v) is 4.39. The van der Waals surface area contributed by atoms with Crippen molar-refractivity contribution in [2.45, 2.75) is 18.4 Å². The lowest BCUT2D eigenvalue weighted by Crippen LogP contribution is -2.37. The smallest absolute Gasteiger partial charge is 0.243 e. The highest BCUT2D eigenvalue weighted by Crippen LogP contribution is 2.23. The summed E-state index contributed by atoms with van der Waals surface area (Å²) < 4.78 is 73.3. The summed E-state index contributed by atoms with van der Waals surface area (Å²) in [4.78, 5) is 12.5. The largest absolute Gasteiger partial charge is 0.494 e. The topological polar surface area (TPSA) is 75.7 Å². The Hall–Kier alpha value is -3.37. The van der Waals surface area contributed by atoms with Crippen molar-refractivity contribution in [2.75, 3.05) is 18.5 Å². The molecule has 0 heterocycles. The van der Waals surface area contributed by atoms with Gasteiger partial charge in [-0.15, -0.1) is 0 Å². The standard InChI is InChI=1S/C23H21F3N2O4S/c1-2-32-17-8-10-18(11-9-17)33(30,31)28(14-16-6-4-3-5-7-16)15-21(29)27-20-13-12-19(24)22(25)23(20)26/h3-13H,2,14-15H2,1H3,(H,27,29). The van der Waals surface area contributed by atoms with E-state index in [0.717, 1.165) is 10.4 Å². The van der Waals surface area contributed by atoms with Gasteiger partial charge in [0.2, 0.25) is 15.9 Å². The van der Waals surface area contributed by atoms with Gasteiger partial charge in [-0.1, -0.05) is 30.3 Å². The third-order valence-corrected chi connectivity index (χ3v) is 6.41. The molecule has 0 fully saturated rings. The molecular formula is C23H21F3N2O4S. The fraction of sp³-hybridized carbons (Fsp3) is 0.174. The number of benzene rings is 3. The lowest BCUT2D eigenvalue weighted by molar-refractivity contribution is -0.116. The zero-order chi connectivity index (χ0) is 24.0. The number of carbonyl (C=O) groups excluding carboxylic acids is 1. The van der Waals surface area contributed by atoms with Gasteiger partial charge in [-0.05, 0) is 48.9 Å². The van der Waals surface area contributed by atoms with Crippen LogP contribution in [-0.4, -0.2) is 31.8 Å². The molecule has 3 aromatic rings. The summed E-state index contributed by atoms with van der Waals surface area (Å²) >= 11 is 0. The van der Waals surface area contributed by atoms with E-state index in [1.54, 1.807) is 37.3 Å². The maximum absolute atomic E-state index is 13.9. The Morgan fingerprint density at radius 3 is 2.24 bits per heavy atom. The SMILES string of the molecule is CCOc1ccc(S(=O)(=O)N(CC(=O)Nc2ccc(F)c(F)c2F)Cc2ccccc2)cc1. The first-order valence-electron chi connectivity index (χ1n) is 9.92. The molecule has 0 unspecified atom stereocenters. The zero-order valence-corrected chi connectivity index (χ0v) is 18.4. The van der Waals surface area contributed by atoms with Crippen LogP contribution in [0.2, 0.25) is 0 Å². The number of nitrogens with one attached hydrogen (secondary N) is 1. The molecule has 0 radical (unpaired) electrons. The number of halogens is 3. The van der Waals surface area contributed by atoms with E-state index in [-0.39, 0.29) is 11.4 Å². The van der Waals surface area contributed by atoms with Crippen molar-refractivity contribution < 1.29 is 31.1 Å². The van der Waals surface area contributed by atoms with Crippen molar-refractivity contribution in [1.82, 2.24) is 4.31 Å². The van der Waals surface area contributed by atoms with Crippen molar-refractivity contribution in [3.05, 3.63) is 89.7 Å². The molecule has 0 aliphatic heterocycles. The number of carbonyl (C=O) groups is 1. The first-order valence-corrected chi connectivity index (χ1v) is 11.4. The molecule has 1 N–H and O–H groups in total. The monoisotopic (exact) mass is 478 g/mol. The number of ether oxygens (including phenoxy) is 1. The van der Waals surface area contributed by atoms with Gasteiger partial charge in [-0.25, -0.2) is 21.6 Å². The van der Waals surface area contributed by atoms with Gasteiger partial charge in [-0.3, -0.25) is 4.79 Å². The van der Waals surface area contributed by atoms with Gasteiger partial charge < -0.3 is 10.1 Å². The minimum absolute atomic E-state index is 0.0753. The Morgan fingerprint density at radius 1 is 0.939 bits per heavy atom. The number of sulfonamides is 1. The van der Waals surface area contributed by atoms with Gasteiger partial charge in [0.1, 0.15) is 5.75 Å². The van der Waals surface area contributed by atoms with Gasteiger partial charge in [0.05, 0.1) is 23.7 Å². The summed E-state index contributed by atoms with van der Waals surface area (Å²) in [6.07, 6.45) is 0.